The van der Waals surface area contributed by atoms with Crippen LogP contribution in [-0.4, -0.2) is 67.9 Å². The fourth-order valence-corrected chi connectivity index (χ4v) is 4.34. The molecule has 164 valence electrons. The number of nitrogens with zero attached hydrogens (tertiary/aromatic N) is 6. The fraction of sp³-hybridized carbons (Fsp3) is 0.320. The fourth-order valence-electron chi connectivity index (χ4n) is 4.34. The second-order valence-corrected chi connectivity index (χ2v) is 8.95. The van der Waals surface area contributed by atoms with Gasteiger partial charge in [0.25, 0.3) is 0 Å². The molecule has 7 nitrogen and oxygen atoms in total. The number of aromatic nitrogens is 4. The SMILES string of the molecule is CC(C)(O)CN1CCN(c2ccc3nc(-c4ccccc4)c(-c4ccncc4)n3n2)CC1. The van der Waals surface area contributed by atoms with Gasteiger partial charge in [0.1, 0.15) is 11.5 Å². The van der Waals surface area contributed by atoms with Crippen molar-refractivity contribution in [2.45, 2.75) is 19.4 Å². The van der Waals surface area contributed by atoms with E-state index in [-0.39, 0.29) is 0 Å². The maximum atomic E-state index is 10.1. The number of aliphatic hydroxyl groups is 1. The van der Waals surface area contributed by atoms with Gasteiger partial charge in [0.05, 0.1) is 11.3 Å². The quantitative estimate of drug-likeness (QED) is 0.526. The lowest BCUT2D eigenvalue weighted by atomic mass is 10.1. The topological polar surface area (TPSA) is 69.8 Å². The van der Waals surface area contributed by atoms with Gasteiger partial charge in [0, 0.05) is 56.2 Å². The number of fused-ring (bicyclic) bond motifs is 1. The summed E-state index contributed by atoms with van der Waals surface area (Å²) in [5, 5.41) is 15.1. The van der Waals surface area contributed by atoms with Crippen LogP contribution in [0.15, 0.2) is 67.0 Å². The molecule has 1 fully saturated rings. The molecule has 0 bridgehead atoms. The first kappa shape index (κ1) is 20.6. The average molecular weight is 429 g/mol. The Bertz CT molecular complexity index is 1190. The van der Waals surface area contributed by atoms with E-state index >= 15 is 0 Å². The summed E-state index contributed by atoms with van der Waals surface area (Å²) in [5.74, 6) is 0.938. The zero-order chi connectivity index (χ0) is 22.1. The molecule has 1 aliphatic rings. The summed E-state index contributed by atoms with van der Waals surface area (Å²) >= 11 is 0. The molecule has 5 rings (SSSR count). The summed E-state index contributed by atoms with van der Waals surface area (Å²) in [6.07, 6.45) is 3.60. The van der Waals surface area contributed by atoms with E-state index < -0.39 is 5.60 Å². The van der Waals surface area contributed by atoms with Gasteiger partial charge in [-0.3, -0.25) is 9.88 Å². The maximum absolute atomic E-state index is 10.1. The molecule has 1 saturated heterocycles. The molecule has 1 aromatic carbocycles. The summed E-state index contributed by atoms with van der Waals surface area (Å²) in [6.45, 7) is 7.96. The van der Waals surface area contributed by atoms with E-state index in [0.717, 1.165) is 60.2 Å². The minimum Gasteiger partial charge on any atom is -0.389 e. The van der Waals surface area contributed by atoms with Crippen LogP contribution in [-0.2, 0) is 0 Å². The monoisotopic (exact) mass is 428 g/mol. The van der Waals surface area contributed by atoms with Gasteiger partial charge in [-0.15, -0.1) is 5.10 Å². The van der Waals surface area contributed by atoms with Crippen LogP contribution >= 0.6 is 0 Å². The van der Waals surface area contributed by atoms with Crippen molar-refractivity contribution in [3.63, 3.8) is 0 Å². The smallest absolute Gasteiger partial charge is 0.155 e. The first-order valence-electron chi connectivity index (χ1n) is 11.0. The van der Waals surface area contributed by atoms with Crippen LogP contribution in [0.1, 0.15) is 13.8 Å². The zero-order valence-corrected chi connectivity index (χ0v) is 18.5. The van der Waals surface area contributed by atoms with E-state index in [2.05, 4.69) is 33.0 Å². The number of benzene rings is 1. The van der Waals surface area contributed by atoms with Gasteiger partial charge in [-0.05, 0) is 38.1 Å². The predicted molar refractivity (Wildman–Crippen MR) is 127 cm³/mol. The van der Waals surface area contributed by atoms with Crippen LogP contribution in [0.4, 0.5) is 5.82 Å². The van der Waals surface area contributed by atoms with Crippen molar-refractivity contribution in [2.75, 3.05) is 37.6 Å². The van der Waals surface area contributed by atoms with Gasteiger partial charge in [-0.1, -0.05) is 30.3 Å². The molecular weight excluding hydrogens is 400 g/mol. The number of β-amino-alcohol motifs (C(OH)–C–C–N with tert-alkyl or cyclic N) is 1. The molecule has 0 amide bonds. The van der Waals surface area contributed by atoms with Crippen molar-refractivity contribution in [3.05, 3.63) is 67.0 Å². The van der Waals surface area contributed by atoms with Gasteiger partial charge in [-0.2, -0.15) is 0 Å². The standard InChI is InChI=1S/C25H28N6O/c1-25(2,32)18-29-14-16-30(17-15-29)22-9-8-21-27-23(19-6-4-3-5-7-19)24(31(21)28-22)20-10-12-26-13-11-20/h3-13,32H,14-18H2,1-2H3. The minimum absolute atomic E-state index is 0.677. The highest BCUT2D eigenvalue weighted by atomic mass is 16.3. The number of rotatable bonds is 5. The molecule has 1 N–H and O–H groups in total. The molecule has 0 atom stereocenters. The first-order valence-corrected chi connectivity index (χ1v) is 11.0. The van der Waals surface area contributed by atoms with E-state index in [1.165, 1.54) is 0 Å². The third-order valence-electron chi connectivity index (χ3n) is 5.77. The molecule has 3 aromatic heterocycles. The molecule has 0 saturated carbocycles. The minimum atomic E-state index is -0.677. The maximum Gasteiger partial charge on any atom is 0.155 e. The second-order valence-electron chi connectivity index (χ2n) is 8.95. The Kier molecular flexibility index (Phi) is 5.36. The van der Waals surface area contributed by atoms with Crippen molar-refractivity contribution in [3.8, 4) is 22.5 Å². The van der Waals surface area contributed by atoms with E-state index in [1.807, 2.05) is 54.8 Å². The van der Waals surface area contributed by atoms with E-state index in [4.69, 9.17) is 10.1 Å². The van der Waals surface area contributed by atoms with Crippen molar-refractivity contribution in [1.29, 1.82) is 0 Å². The summed E-state index contributed by atoms with van der Waals surface area (Å²) < 4.78 is 1.95. The third kappa shape index (κ3) is 4.22. The van der Waals surface area contributed by atoms with Gasteiger partial charge < -0.3 is 10.0 Å². The lowest BCUT2D eigenvalue weighted by Crippen LogP contribution is -2.50. The highest BCUT2D eigenvalue weighted by molar-refractivity contribution is 5.81. The Hall–Kier alpha value is -3.29. The van der Waals surface area contributed by atoms with Gasteiger partial charge >= 0.3 is 0 Å². The Morgan fingerprint density at radius 3 is 2.28 bits per heavy atom. The molecule has 4 heterocycles. The molecule has 1 aliphatic heterocycles. The van der Waals surface area contributed by atoms with Crippen molar-refractivity contribution in [2.24, 2.45) is 0 Å². The van der Waals surface area contributed by atoms with Gasteiger partial charge in [0.2, 0.25) is 0 Å². The zero-order valence-electron chi connectivity index (χ0n) is 18.5. The Morgan fingerprint density at radius 2 is 1.59 bits per heavy atom. The molecule has 0 aliphatic carbocycles. The predicted octanol–water partition coefficient (Wildman–Crippen LogP) is 3.35. The summed E-state index contributed by atoms with van der Waals surface area (Å²) in [6, 6.07) is 18.3. The largest absolute Gasteiger partial charge is 0.389 e. The van der Waals surface area contributed by atoms with Crippen molar-refractivity contribution < 1.29 is 5.11 Å². The third-order valence-corrected chi connectivity index (χ3v) is 5.77. The number of hydrogen-bond donors (Lipinski definition) is 1. The first-order chi connectivity index (χ1) is 15.5. The number of piperazine rings is 1. The Morgan fingerprint density at radius 1 is 0.875 bits per heavy atom. The second kappa shape index (κ2) is 8.33. The van der Waals surface area contributed by atoms with Crippen LogP contribution in [0, 0.1) is 0 Å². The normalized spacial score (nSPS) is 15.4. The van der Waals surface area contributed by atoms with Crippen LogP contribution in [0.2, 0.25) is 0 Å². The van der Waals surface area contributed by atoms with Gasteiger partial charge in [0.15, 0.2) is 5.65 Å². The van der Waals surface area contributed by atoms with Crippen LogP contribution in [0.3, 0.4) is 0 Å². The number of hydrogen-bond acceptors (Lipinski definition) is 6. The lowest BCUT2D eigenvalue weighted by molar-refractivity contribution is 0.0344. The van der Waals surface area contributed by atoms with Crippen LogP contribution in [0.5, 0.6) is 0 Å². The molecule has 32 heavy (non-hydrogen) atoms. The molecule has 0 unspecified atom stereocenters. The number of pyridine rings is 1. The molecule has 0 spiro atoms. The lowest BCUT2D eigenvalue weighted by Gasteiger charge is -2.37. The highest BCUT2D eigenvalue weighted by Gasteiger charge is 2.24. The van der Waals surface area contributed by atoms with Gasteiger partial charge in [-0.25, -0.2) is 9.50 Å². The van der Waals surface area contributed by atoms with E-state index in [9.17, 15) is 5.11 Å². The van der Waals surface area contributed by atoms with Crippen molar-refractivity contribution in [1.82, 2.24) is 24.5 Å². The number of imidazole rings is 1. The highest BCUT2D eigenvalue weighted by Crippen LogP contribution is 2.32. The molecule has 7 heteroatoms. The average Bonchev–Trinajstić information content (AvgIpc) is 3.18. The number of anilines is 1. The van der Waals surface area contributed by atoms with Crippen LogP contribution in [0.25, 0.3) is 28.2 Å². The molecular formula is C25H28N6O. The molecule has 4 aromatic rings. The summed E-state index contributed by atoms with van der Waals surface area (Å²) in [4.78, 5) is 13.7. The Labute approximate surface area is 188 Å². The molecule has 0 radical (unpaired) electrons. The van der Waals surface area contributed by atoms with E-state index in [0.29, 0.717) is 6.54 Å². The Balaban J connectivity index is 1.51. The van der Waals surface area contributed by atoms with E-state index in [1.54, 1.807) is 12.4 Å². The summed E-state index contributed by atoms with van der Waals surface area (Å²) in [5.41, 5.74) is 4.12. The van der Waals surface area contributed by atoms with Crippen molar-refractivity contribution >= 4 is 11.5 Å². The van der Waals surface area contributed by atoms with Crippen LogP contribution < -0.4 is 4.90 Å². The summed E-state index contributed by atoms with van der Waals surface area (Å²) in [7, 11) is 0.